The van der Waals surface area contributed by atoms with E-state index in [0.29, 0.717) is 5.56 Å². The van der Waals surface area contributed by atoms with E-state index >= 15 is 0 Å². The second-order valence-electron chi connectivity index (χ2n) is 5.57. The summed E-state index contributed by atoms with van der Waals surface area (Å²) in [5, 5.41) is 0. The Balaban J connectivity index is 1.90. The zero-order valence-electron chi connectivity index (χ0n) is 14.3. The Morgan fingerprint density at radius 3 is 2.04 bits per heavy atom. The van der Waals surface area contributed by atoms with Gasteiger partial charge in [0.15, 0.2) is 0 Å². The molecule has 0 heterocycles. The lowest BCUT2D eigenvalue weighted by Crippen LogP contribution is -2.00. The monoisotopic (exact) mass is 324 g/mol. The molecule has 2 aromatic carbocycles. The molecule has 0 bridgehead atoms. The summed E-state index contributed by atoms with van der Waals surface area (Å²) >= 11 is 0. The molecule has 0 saturated heterocycles. The van der Waals surface area contributed by atoms with Crippen molar-refractivity contribution in [2.75, 3.05) is 13.7 Å². The molecule has 24 heavy (non-hydrogen) atoms. The van der Waals surface area contributed by atoms with Crippen LogP contribution in [0.1, 0.15) is 47.7 Å². The average molecular weight is 324 g/mol. The maximum Gasteiger partial charge on any atom is 0.337 e. The van der Waals surface area contributed by atoms with Crippen molar-refractivity contribution in [2.24, 2.45) is 0 Å². The third-order valence-corrected chi connectivity index (χ3v) is 3.70. The first-order valence-corrected chi connectivity index (χ1v) is 8.32. The summed E-state index contributed by atoms with van der Waals surface area (Å²) in [7, 11) is 1.38. The third-order valence-electron chi connectivity index (χ3n) is 3.70. The van der Waals surface area contributed by atoms with Gasteiger partial charge >= 0.3 is 5.97 Å². The number of unbranched alkanes of at least 4 members (excludes halogenated alkanes) is 2. The Kier molecular flexibility index (Phi) is 7.09. The van der Waals surface area contributed by atoms with Crippen LogP contribution in [0.25, 0.3) is 12.2 Å². The second-order valence-corrected chi connectivity index (χ2v) is 5.57. The highest BCUT2D eigenvalue weighted by atomic mass is 16.5. The van der Waals surface area contributed by atoms with Gasteiger partial charge in [-0.25, -0.2) is 4.79 Å². The molecule has 2 aromatic rings. The maximum atomic E-state index is 11.4. The molecule has 0 aliphatic carbocycles. The Hall–Kier alpha value is -2.55. The molecule has 0 N–H and O–H groups in total. The first-order valence-electron chi connectivity index (χ1n) is 8.32. The van der Waals surface area contributed by atoms with E-state index in [1.54, 1.807) is 12.1 Å². The molecule has 0 saturated carbocycles. The van der Waals surface area contributed by atoms with Gasteiger partial charge in [-0.2, -0.15) is 0 Å². The first kappa shape index (κ1) is 17.8. The van der Waals surface area contributed by atoms with E-state index in [1.165, 1.54) is 20.0 Å². The molecule has 0 spiro atoms. The van der Waals surface area contributed by atoms with Gasteiger partial charge in [0.05, 0.1) is 19.3 Å². The summed E-state index contributed by atoms with van der Waals surface area (Å²) in [6.45, 7) is 2.96. The lowest BCUT2D eigenvalue weighted by molar-refractivity contribution is 0.0600. The number of ether oxygens (including phenoxy) is 2. The van der Waals surface area contributed by atoms with Crippen LogP contribution in [0.4, 0.5) is 0 Å². The lowest BCUT2D eigenvalue weighted by Gasteiger charge is -2.05. The molecule has 0 aromatic heterocycles. The summed E-state index contributed by atoms with van der Waals surface area (Å²) in [5.74, 6) is 0.589. The van der Waals surface area contributed by atoms with E-state index in [1.807, 2.05) is 48.6 Å². The molecule has 0 unspecified atom stereocenters. The SMILES string of the molecule is CCCCCOc1ccc(/C=C/c2ccc(C(=O)OC)cc2)cc1. The standard InChI is InChI=1S/C21H24O3/c1-3-4-5-16-24-20-14-10-18(11-15-20)7-6-17-8-12-19(13-9-17)21(22)23-2/h6-15H,3-5,16H2,1-2H3/b7-6+. The van der Waals surface area contributed by atoms with Crippen molar-refractivity contribution in [3.8, 4) is 5.75 Å². The normalized spacial score (nSPS) is 10.8. The fourth-order valence-corrected chi connectivity index (χ4v) is 2.26. The van der Waals surface area contributed by atoms with Gasteiger partial charge in [0.25, 0.3) is 0 Å². The van der Waals surface area contributed by atoms with Crippen molar-refractivity contribution in [1.29, 1.82) is 0 Å². The van der Waals surface area contributed by atoms with Crippen molar-refractivity contribution >= 4 is 18.1 Å². The van der Waals surface area contributed by atoms with Gasteiger partial charge in [0.1, 0.15) is 5.75 Å². The summed E-state index contributed by atoms with van der Waals surface area (Å²) in [5.41, 5.74) is 2.69. The van der Waals surface area contributed by atoms with Gasteiger partial charge < -0.3 is 9.47 Å². The quantitative estimate of drug-likeness (QED) is 0.380. The van der Waals surface area contributed by atoms with Gasteiger partial charge in [-0.1, -0.05) is 56.2 Å². The first-order chi connectivity index (χ1) is 11.7. The number of hydrogen-bond donors (Lipinski definition) is 0. The highest BCUT2D eigenvalue weighted by Gasteiger charge is 2.03. The molecule has 0 fully saturated rings. The second kappa shape index (κ2) is 9.56. The molecule has 0 aliphatic heterocycles. The number of esters is 1. The highest BCUT2D eigenvalue weighted by Crippen LogP contribution is 2.15. The van der Waals surface area contributed by atoms with E-state index in [2.05, 4.69) is 11.7 Å². The number of hydrogen-bond acceptors (Lipinski definition) is 3. The lowest BCUT2D eigenvalue weighted by atomic mass is 10.1. The molecule has 0 radical (unpaired) electrons. The number of methoxy groups -OCH3 is 1. The van der Waals surface area contributed by atoms with Crippen LogP contribution in [0, 0.1) is 0 Å². The zero-order valence-corrected chi connectivity index (χ0v) is 14.3. The zero-order chi connectivity index (χ0) is 17.2. The van der Waals surface area contributed by atoms with Crippen LogP contribution in [0.2, 0.25) is 0 Å². The van der Waals surface area contributed by atoms with Crippen molar-refractivity contribution < 1.29 is 14.3 Å². The van der Waals surface area contributed by atoms with Crippen molar-refractivity contribution in [1.82, 2.24) is 0 Å². The Morgan fingerprint density at radius 2 is 1.50 bits per heavy atom. The van der Waals surface area contributed by atoms with Crippen molar-refractivity contribution in [2.45, 2.75) is 26.2 Å². The van der Waals surface area contributed by atoms with Crippen LogP contribution < -0.4 is 4.74 Å². The molecule has 0 atom stereocenters. The maximum absolute atomic E-state index is 11.4. The minimum absolute atomic E-state index is 0.319. The van der Waals surface area contributed by atoms with Gasteiger partial charge in [0, 0.05) is 0 Å². The molecule has 0 aliphatic rings. The molecule has 126 valence electrons. The smallest absolute Gasteiger partial charge is 0.337 e. The highest BCUT2D eigenvalue weighted by molar-refractivity contribution is 5.89. The van der Waals surface area contributed by atoms with Gasteiger partial charge in [-0.15, -0.1) is 0 Å². The van der Waals surface area contributed by atoms with E-state index < -0.39 is 0 Å². The van der Waals surface area contributed by atoms with Crippen LogP contribution in [0.5, 0.6) is 5.75 Å². The van der Waals surface area contributed by atoms with Gasteiger partial charge in [-0.3, -0.25) is 0 Å². The molecule has 0 amide bonds. The van der Waals surface area contributed by atoms with Crippen molar-refractivity contribution in [3.63, 3.8) is 0 Å². The topological polar surface area (TPSA) is 35.5 Å². The van der Waals surface area contributed by atoms with Gasteiger partial charge in [-0.05, 0) is 41.8 Å². The van der Waals surface area contributed by atoms with E-state index in [9.17, 15) is 4.79 Å². The van der Waals surface area contributed by atoms with Crippen LogP contribution >= 0.6 is 0 Å². The number of rotatable bonds is 8. The largest absolute Gasteiger partial charge is 0.494 e. The molecule has 3 heteroatoms. The molecule has 3 nitrogen and oxygen atoms in total. The van der Waals surface area contributed by atoms with E-state index in [-0.39, 0.29) is 5.97 Å². The number of benzene rings is 2. The minimum atomic E-state index is -0.319. The summed E-state index contributed by atoms with van der Waals surface area (Å²) < 4.78 is 10.4. The fourth-order valence-electron chi connectivity index (χ4n) is 2.26. The van der Waals surface area contributed by atoms with Crippen LogP contribution in [0.15, 0.2) is 48.5 Å². The van der Waals surface area contributed by atoms with Crippen molar-refractivity contribution in [3.05, 3.63) is 65.2 Å². The van der Waals surface area contributed by atoms with Gasteiger partial charge in [0.2, 0.25) is 0 Å². The Morgan fingerprint density at radius 1 is 0.917 bits per heavy atom. The Labute approximate surface area is 143 Å². The predicted octanol–water partition coefficient (Wildman–Crippen LogP) is 5.21. The number of carbonyl (C=O) groups excluding carboxylic acids is 1. The Bertz CT molecular complexity index is 654. The average Bonchev–Trinajstić information content (AvgIpc) is 2.64. The summed E-state index contributed by atoms with van der Waals surface area (Å²) in [6, 6.07) is 15.4. The molecule has 2 rings (SSSR count). The van der Waals surface area contributed by atoms with E-state index in [4.69, 9.17) is 4.74 Å². The van der Waals surface area contributed by atoms with E-state index in [0.717, 1.165) is 29.9 Å². The van der Waals surface area contributed by atoms with Crippen LogP contribution in [0.3, 0.4) is 0 Å². The number of carbonyl (C=O) groups is 1. The van der Waals surface area contributed by atoms with Crippen LogP contribution in [-0.2, 0) is 4.74 Å². The predicted molar refractivity (Wildman–Crippen MR) is 98.2 cm³/mol. The fraction of sp³-hybridized carbons (Fsp3) is 0.286. The summed E-state index contributed by atoms with van der Waals surface area (Å²) in [6.07, 6.45) is 7.55. The molecular weight excluding hydrogens is 300 g/mol. The van der Waals surface area contributed by atoms with Crippen LogP contribution in [-0.4, -0.2) is 19.7 Å². The minimum Gasteiger partial charge on any atom is -0.494 e. The summed E-state index contributed by atoms with van der Waals surface area (Å²) in [4.78, 5) is 11.4. The third kappa shape index (κ3) is 5.58. The molecular formula is C21H24O3.